The number of nitriles is 1. The van der Waals surface area contributed by atoms with E-state index in [1.54, 1.807) is 22.2 Å². The number of thiophene rings is 1. The van der Waals surface area contributed by atoms with Crippen LogP contribution in [0.5, 0.6) is 0 Å². The van der Waals surface area contributed by atoms with Crippen molar-refractivity contribution in [3.05, 3.63) is 32.4 Å². The van der Waals surface area contributed by atoms with Gasteiger partial charge in [-0.2, -0.15) is 10.4 Å². The van der Waals surface area contributed by atoms with Crippen molar-refractivity contribution in [3.63, 3.8) is 0 Å². The number of anilines is 1. The number of hydrogen-bond donors (Lipinski definition) is 2. The molecule has 0 spiro atoms. The van der Waals surface area contributed by atoms with E-state index in [-0.39, 0.29) is 10.8 Å². The molecule has 0 fully saturated rings. The Morgan fingerprint density at radius 2 is 2.28 bits per heavy atom. The number of hydrogen-bond acceptors (Lipinski definition) is 5. The first-order valence-electron chi connectivity index (χ1n) is 7.93. The largest absolute Gasteiger partial charge is 0.323 e. The minimum Gasteiger partial charge on any atom is -0.323 e. The van der Waals surface area contributed by atoms with Gasteiger partial charge < -0.3 is 5.32 Å². The summed E-state index contributed by atoms with van der Waals surface area (Å²) in [5, 5.41) is 20.2. The molecule has 2 N–H and O–H groups in total. The van der Waals surface area contributed by atoms with Crippen LogP contribution < -0.4 is 10.6 Å². The Bertz CT molecular complexity index is 880. The van der Waals surface area contributed by atoms with E-state index in [0.717, 1.165) is 31.2 Å². The van der Waals surface area contributed by atoms with Gasteiger partial charge in [-0.1, -0.05) is 0 Å². The molecule has 3 rings (SSSR count). The predicted molar refractivity (Wildman–Crippen MR) is 105 cm³/mol. The Morgan fingerprint density at radius 1 is 1.52 bits per heavy atom. The van der Waals surface area contributed by atoms with E-state index in [1.165, 1.54) is 4.88 Å². The molecule has 6 nitrogen and oxygen atoms in total. The molecule has 0 saturated heterocycles. The highest BCUT2D eigenvalue weighted by Gasteiger charge is 2.22. The van der Waals surface area contributed by atoms with Crippen LogP contribution in [0.3, 0.4) is 0 Å². The van der Waals surface area contributed by atoms with Gasteiger partial charge in [0.05, 0.1) is 10.0 Å². The smallest absolute Gasteiger partial charge is 0.279 e. The molecule has 0 atom stereocenters. The molecule has 2 heterocycles. The van der Waals surface area contributed by atoms with Crippen LogP contribution in [-0.4, -0.2) is 20.8 Å². The number of nitrogens with one attached hydrogen (secondary N) is 2. The Labute approximate surface area is 163 Å². The highest BCUT2D eigenvalue weighted by molar-refractivity contribution is 9.10. The summed E-state index contributed by atoms with van der Waals surface area (Å²) in [6.45, 7) is 2.61. The van der Waals surface area contributed by atoms with Gasteiger partial charge in [0.1, 0.15) is 11.1 Å². The summed E-state index contributed by atoms with van der Waals surface area (Å²) in [6.07, 6.45) is 5.92. The average Bonchev–Trinajstić information content (AvgIpc) is 3.14. The average molecular weight is 438 g/mol. The molecule has 0 unspecified atom stereocenters. The molecule has 1 aliphatic rings. The van der Waals surface area contributed by atoms with Crippen molar-refractivity contribution in [1.82, 2.24) is 15.1 Å². The van der Waals surface area contributed by atoms with Gasteiger partial charge in [-0.25, -0.2) is 0 Å². The number of fused-ring (bicyclic) bond motifs is 1. The molecule has 0 aliphatic heterocycles. The second kappa shape index (κ2) is 7.64. The van der Waals surface area contributed by atoms with E-state index in [4.69, 9.17) is 12.2 Å². The van der Waals surface area contributed by atoms with Crippen molar-refractivity contribution >= 4 is 55.5 Å². The molecule has 0 saturated carbocycles. The lowest BCUT2D eigenvalue weighted by Gasteiger charge is -2.09. The summed E-state index contributed by atoms with van der Waals surface area (Å²) in [7, 11) is 0. The number of nitrogens with zero attached hydrogens (tertiary/aromatic N) is 3. The van der Waals surface area contributed by atoms with Gasteiger partial charge in [-0.15, -0.1) is 11.3 Å². The molecular formula is C16H16BrN5OS2. The van der Waals surface area contributed by atoms with Crippen LogP contribution in [-0.2, 0) is 19.4 Å². The number of carbonyl (C=O) groups excluding carboxylic acids is 1. The number of aromatic nitrogens is 2. The van der Waals surface area contributed by atoms with Gasteiger partial charge in [0.2, 0.25) is 0 Å². The van der Waals surface area contributed by atoms with Crippen molar-refractivity contribution in [3.8, 4) is 6.07 Å². The van der Waals surface area contributed by atoms with Crippen LogP contribution in [0.1, 0.15) is 46.3 Å². The van der Waals surface area contributed by atoms with Gasteiger partial charge >= 0.3 is 0 Å². The summed E-state index contributed by atoms with van der Waals surface area (Å²) in [4.78, 5) is 13.6. The number of thiocarbonyl (C=S) groups is 1. The van der Waals surface area contributed by atoms with Crippen molar-refractivity contribution in [1.29, 1.82) is 5.26 Å². The summed E-state index contributed by atoms with van der Waals surface area (Å²) in [6, 6.07) is 2.27. The van der Waals surface area contributed by atoms with Gasteiger partial charge in [-0.3, -0.25) is 14.8 Å². The lowest BCUT2D eigenvalue weighted by Crippen LogP contribution is -2.34. The Balaban J connectivity index is 1.72. The van der Waals surface area contributed by atoms with E-state index < -0.39 is 5.91 Å². The summed E-state index contributed by atoms with van der Waals surface area (Å²) in [5.41, 5.74) is 2.05. The van der Waals surface area contributed by atoms with E-state index in [0.29, 0.717) is 21.6 Å². The zero-order valence-corrected chi connectivity index (χ0v) is 16.8. The van der Waals surface area contributed by atoms with Crippen LogP contribution in [0.25, 0.3) is 0 Å². The van der Waals surface area contributed by atoms with Crippen molar-refractivity contribution in [2.45, 2.75) is 39.2 Å². The van der Waals surface area contributed by atoms with E-state index in [2.05, 4.69) is 37.7 Å². The molecule has 25 heavy (non-hydrogen) atoms. The fourth-order valence-electron chi connectivity index (χ4n) is 2.78. The summed E-state index contributed by atoms with van der Waals surface area (Å²) >= 11 is 10.1. The standard InChI is InChI=1S/C16H16BrN5OS2/c1-2-22-8-11(17)13(21-22)14(23)19-16(24)20-15-10(7-18)9-5-3-4-6-12(9)25-15/h8H,2-6H2,1H3,(H2,19,20,23,24). The Kier molecular flexibility index (Phi) is 5.51. The predicted octanol–water partition coefficient (Wildman–Crippen LogP) is 3.60. The topological polar surface area (TPSA) is 82.7 Å². The minimum atomic E-state index is -0.392. The van der Waals surface area contributed by atoms with Crippen LogP contribution >= 0.6 is 39.5 Å². The molecular weight excluding hydrogens is 422 g/mol. The molecule has 0 aromatic carbocycles. The zero-order valence-electron chi connectivity index (χ0n) is 13.6. The third-order valence-electron chi connectivity index (χ3n) is 3.99. The molecule has 0 radical (unpaired) electrons. The first-order valence-corrected chi connectivity index (χ1v) is 9.95. The normalized spacial score (nSPS) is 13.0. The Morgan fingerprint density at radius 3 is 2.96 bits per heavy atom. The van der Waals surface area contributed by atoms with E-state index >= 15 is 0 Å². The first kappa shape index (κ1) is 18.0. The van der Waals surface area contributed by atoms with Gasteiger partial charge in [-0.05, 0) is 66.3 Å². The lowest BCUT2D eigenvalue weighted by atomic mass is 9.96. The van der Waals surface area contributed by atoms with Gasteiger partial charge in [0, 0.05) is 17.6 Å². The van der Waals surface area contributed by atoms with E-state index in [9.17, 15) is 10.1 Å². The highest BCUT2D eigenvalue weighted by atomic mass is 79.9. The second-order valence-corrected chi connectivity index (χ2v) is 7.98. The second-order valence-electron chi connectivity index (χ2n) is 5.62. The molecule has 0 bridgehead atoms. The monoisotopic (exact) mass is 437 g/mol. The first-order chi connectivity index (χ1) is 12.0. The zero-order chi connectivity index (χ0) is 18.0. The highest BCUT2D eigenvalue weighted by Crippen LogP contribution is 2.37. The SMILES string of the molecule is CCn1cc(Br)c(C(=O)NC(=S)Nc2sc3c(c2C#N)CCCC3)n1. The number of amides is 1. The van der Waals surface area contributed by atoms with Crippen LogP contribution in [0.4, 0.5) is 5.00 Å². The lowest BCUT2D eigenvalue weighted by molar-refractivity contribution is 0.0971. The maximum Gasteiger partial charge on any atom is 0.279 e. The van der Waals surface area contributed by atoms with Gasteiger partial charge in [0.15, 0.2) is 10.8 Å². The molecule has 1 aliphatic carbocycles. The minimum absolute atomic E-state index is 0.165. The fourth-order valence-corrected chi connectivity index (χ4v) is 4.78. The summed E-state index contributed by atoms with van der Waals surface area (Å²) in [5.74, 6) is -0.392. The molecule has 130 valence electrons. The van der Waals surface area contributed by atoms with Crippen LogP contribution in [0.15, 0.2) is 10.7 Å². The molecule has 9 heteroatoms. The maximum absolute atomic E-state index is 12.3. The fraction of sp³-hybridized carbons (Fsp3) is 0.375. The number of carbonyl (C=O) groups is 1. The van der Waals surface area contributed by atoms with Crippen LogP contribution in [0, 0.1) is 11.3 Å². The number of halogens is 1. The van der Waals surface area contributed by atoms with Gasteiger partial charge in [0.25, 0.3) is 5.91 Å². The molecule has 2 aromatic heterocycles. The number of rotatable bonds is 3. The maximum atomic E-state index is 12.3. The van der Waals surface area contributed by atoms with Crippen molar-refractivity contribution in [2.24, 2.45) is 0 Å². The van der Waals surface area contributed by atoms with Crippen molar-refractivity contribution in [2.75, 3.05) is 5.32 Å². The third-order valence-corrected chi connectivity index (χ3v) is 5.99. The number of aryl methyl sites for hydroxylation is 2. The van der Waals surface area contributed by atoms with E-state index in [1.807, 2.05) is 6.92 Å². The van der Waals surface area contributed by atoms with Crippen molar-refractivity contribution < 1.29 is 4.79 Å². The Hall–Kier alpha value is -1.76. The molecule has 2 aromatic rings. The quantitative estimate of drug-likeness (QED) is 0.716. The third kappa shape index (κ3) is 3.76. The summed E-state index contributed by atoms with van der Waals surface area (Å²) < 4.78 is 2.27. The molecule has 1 amide bonds. The van der Waals surface area contributed by atoms with Crippen LogP contribution in [0.2, 0.25) is 0 Å².